The Morgan fingerprint density at radius 1 is 1.10 bits per heavy atom. The van der Waals surface area contributed by atoms with Crippen LogP contribution in [0.2, 0.25) is 0 Å². The minimum absolute atomic E-state index is 0.114. The highest BCUT2D eigenvalue weighted by molar-refractivity contribution is 7.91. The summed E-state index contributed by atoms with van der Waals surface area (Å²) in [5.41, 5.74) is 0.269. The molecule has 4 nitrogen and oxygen atoms in total. The SMILES string of the molecule is CNC1CCC(Nc2ccccc2S(=O)(=O)C(F)F)CC1. The molecule has 118 valence electrons. The predicted molar refractivity (Wildman–Crippen MR) is 78.4 cm³/mol. The molecule has 0 aromatic heterocycles. The van der Waals surface area contributed by atoms with Crippen LogP contribution in [0.15, 0.2) is 29.2 Å². The molecule has 0 atom stereocenters. The molecular formula is C14H20F2N2O2S. The number of nitrogens with one attached hydrogen (secondary N) is 2. The molecule has 0 unspecified atom stereocenters. The van der Waals surface area contributed by atoms with Crippen molar-refractivity contribution in [2.75, 3.05) is 12.4 Å². The van der Waals surface area contributed by atoms with Crippen LogP contribution >= 0.6 is 0 Å². The number of rotatable bonds is 5. The van der Waals surface area contributed by atoms with Gasteiger partial charge in [-0.1, -0.05) is 12.1 Å². The van der Waals surface area contributed by atoms with E-state index in [0.717, 1.165) is 25.7 Å². The van der Waals surface area contributed by atoms with E-state index in [2.05, 4.69) is 10.6 Å². The first-order valence-corrected chi connectivity index (χ1v) is 8.54. The molecule has 0 aliphatic heterocycles. The summed E-state index contributed by atoms with van der Waals surface area (Å²) in [6.07, 6.45) is 3.74. The van der Waals surface area contributed by atoms with Crippen LogP contribution in [-0.4, -0.2) is 33.3 Å². The first-order chi connectivity index (χ1) is 9.95. The number of sulfone groups is 1. The molecule has 0 heterocycles. The monoisotopic (exact) mass is 318 g/mol. The molecule has 1 aromatic carbocycles. The van der Waals surface area contributed by atoms with Crippen molar-refractivity contribution in [1.82, 2.24) is 5.32 Å². The lowest BCUT2D eigenvalue weighted by Crippen LogP contribution is -2.35. The van der Waals surface area contributed by atoms with Crippen LogP contribution < -0.4 is 10.6 Å². The zero-order valence-electron chi connectivity index (χ0n) is 11.9. The number of halogens is 2. The molecule has 0 saturated heterocycles. The zero-order chi connectivity index (χ0) is 15.5. The van der Waals surface area contributed by atoms with Crippen LogP contribution in [0.25, 0.3) is 0 Å². The summed E-state index contributed by atoms with van der Waals surface area (Å²) in [5, 5.41) is 6.33. The van der Waals surface area contributed by atoms with E-state index in [1.165, 1.54) is 12.1 Å². The molecule has 2 N–H and O–H groups in total. The second kappa shape index (κ2) is 6.70. The van der Waals surface area contributed by atoms with Gasteiger partial charge in [0.15, 0.2) is 0 Å². The van der Waals surface area contributed by atoms with E-state index >= 15 is 0 Å². The van der Waals surface area contributed by atoms with Gasteiger partial charge >= 0.3 is 5.76 Å². The lowest BCUT2D eigenvalue weighted by Gasteiger charge is -2.30. The fourth-order valence-corrected chi connectivity index (χ4v) is 3.57. The van der Waals surface area contributed by atoms with Gasteiger partial charge in [-0.2, -0.15) is 8.78 Å². The summed E-state index contributed by atoms with van der Waals surface area (Å²) in [4.78, 5) is -0.323. The van der Waals surface area contributed by atoms with Gasteiger partial charge in [0, 0.05) is 12.1 Å². The number of benzene rings is 1. The fourth-order valence-electron chi connectivity index (χ4n) is 2.68. The molecule has 2 rings (SSSR count). The van der Waals surface area contributed by atoms with Gasteiger partial charge in [-0.3, -0.25) is 0 Å². The van der Waals surface area contributed by atoms with E-state index in [1.54, 1.807) is 12.1 Å². The first kappa shape index (κ1) is 16.2. The first-order valence-electron chi connectivity index (χ1n) is 7.00. The Morgan fingerprint density at radius 3 is 2.24 bits per heavy atom. The smallest absolute Gasteiger partial charge is 0.341 e. The number of para-hydroxylation sites is 1. The molecule has 1 saturated carbocycles. The van der Waals surface area contributed by atoms with Crippen molar-refractivity contribution in [3.63, 3.8) is 0 Å². The number of hydrogen-bond acceptors (Lipinski definition) is 4. The minimum Gasteiger partial charge on any atom is -0.381 e. The van der Waals surface area contributed by atoms with Crippen molar-refractivity contribution in [1.29, 1.82) is 0 Å². The van der Waals surface area contributed by atoms with Crippen molar-refractivity contribution < 1.29 is 17.2 Å². The third kappa shape index (κ3) is 3.71. The Hall–Kier alpha value is -1.21. The van der Waals surface area contributed by atoms with Crippen LogP contribution in [0.4, 0.5) is 14.5 Å². The van der Waals surface area contributed by atoms with Crippen LogP contribution in [0.5, 0.6) is 0 Å². The van der Waals surface area contributed by atoms with Gasteiger partial charge in [0.1, 0.15) is 0 Å². The van der Waals surface area contributed by atoms with Crippen LogP contribution in [0.3, 0.4) is 0 Å². The second-order valence-electron chi connectivity index (χ2n) is 5.28. The molecule has 0 radical (unpaired) electrons. The van der Waals surface area contributed by atoms with Gasteiger partial charge in [0.2, 0.25) is 9.84 Å². The van der Waals surface area contributed by atoms with Crippen molar-refractivity contribution in [3.8, 4) is 0 Å². The van der Waals surface area contributed by atoms with Gasteiger partial charge in [0.25, 0.3) is 0 Å². The molecule has 0 spiro atoms. The van der Waals surface area contributed by atoms with Crippen molar-refractivity contribution >= 4 is 15.5 Å². The molecule has 1 aliphatic carbocycles. The highest BCUT2D eigenvalue weighted by atomic mass is 32.2. The summed E-state index contributed by atoms with van der Waals surface area (Å²) < 4.78 is 48.8. The third-order valence-electron chi connectivity index (χ3n) is 3.92. The Labute approximate surface area is 123 Å². The maximum Gasteiger partial charge on any atom is 0.341 e. The molecule has 0 bridgehead atoms. The van der Waals surface area contributed by atoms with Crippen LogP contribution in [0, 0.1) is 0 Å². The fraction of sp³-hybridized carbons (Fsp3) is 0.571. The Morgan fingerprint density at radius 2 is 1.67 bits per heavy atom. The molecular weight excluding hydrogens is 298 g/mol. The van der Waals surface area contributed by atoms with E-state index in [0.29, 0.717) is 6.04 Å². The summed E-state index contributed by atoms with van der Waals surface area (Å²) in [7, 11) is -2.66. The highest BCUT2D eigenvalue weighted by Crippen LogP contribution is 2.29. The van der Waals surface area contributed by atoms with Gasteiger partial charge in [-0.25, -0.2) is 8.42 Å². The van der Waals surface area contributed by atoms with Crippen LogP contribution in [0.1, 0.15) is 25.7 Å². The average Bonchev–Trinajstić information content (AvgIpc) is 2.48. The maximum absolute atomic E-state index is 12.7. The molecule has 1 fully saturated rings. The maximum atomic E-state index is 12.7. The van der Waals surface area contributed by atoms with E-state index < -0.39 is 15.6 Å². The summed E-state index contributed by atoms with van der Waals surface area (Å²) in [6, 6.07) is 6.46. The predicted octanol–water partition coefficient (Wildman–Crippen LogP) is 2.63. The normalized spacial score (nSPS) is 23.2. The molecule has 1 aromatic rings. The molecule has 1 aliphatic rings. The van der Waals surface area contributed by atoms with Crippen molar-refractivity contribution in [3.05, 3.63) is 24.3 Å². The van der Waals surface area contributed by atoms with Crippen molar-refractivity contribution in [2.45, 2.75) is 48.4 Å². The van der Waals surface area contributed by atoms with Gasteiger partial charge in [-0.15, -0.1) is 0 Å². The number of alkyl halides is 2. The summed E-state index contributed by atoms with van der Waals surface area (Å²) in [6.45, 7) is 0. The van der Waals surface area contributed by atoms with E-state index in [9.17, 15) is 17.2 Å². The Bertz CT molecular complexity index is 570. The topological polar surface area (TPSA) is 58.2 Å². The highest BCUT2D eigenvalue weighted by Gasteiger charge is 2.30. The average molecular weight is 318 g/mol. The van der Waals surface area contributed by atoms with E-state index in [-0.39, 0.29) is 16.6 Å². The second-order valence-corrected chi connectivity index (χ2v) is 7.17. The van der Waals surface area contributed by atoms with E-state index in [1.807, 2.05) is 7.05 Å². The zero-order valence-corrected chi connectivity index (χ0v) is 12.7. The van der Waals surface area contributed by atoms with Gasteiger partial charge < -0.3 is 10.6 Å². The van der Waals surface area contributed by atoms with Gasteiger partial charge in [-0.05, 0) is 44.9 Å². The largest absolute Gasteiger partial charge is 0.381 e. The lowest BCUT2D eigenvalue weighted by atomic mass is 9.91. The van der Waals surface area contributed by atoms with Crippen molar-refractivity contribution in [2.24, 2.45) is 0 Å². The minimum atomic E-state index is -4.58. The number of anilines is 1. The number of hydrogen-bond donors (Lipinski definition) is 2. The Balaban J connectivity index is 2.15. The lowest BCUT2D eigenvalue weighted by molar-refractivity contribution is 0.235. The molecule has 7 heteroatoms. The summed E-state index contributed by atoms with van der Waals surface area (Å²) in [5.74, 6) is -3.40. The standard InChI is InChI=1S/C14H20F2N2O2S/c1-17-10-6-8-11(9-7-10)18-12-4-2-3-5-13(12)21(19,20)14(15)16/h2-5,10-11,14,17-18H,6-9H2,1H3. The third-order valence-corrected chi connectivity index (χ3v) is 5.36. The van der Waals surface area contributed by atoms with Crippen LogP contribution in [-0.2, 0) is 9.84 Å². The Kier molecular flexibility index (Phi) is 5.16. The quantitative estimate of drug-likeness (QED) is 0.876. The van der Waals surface area contributed by atoms with E-state index in [4.69, 9.17) is 0 Å². The molecule has 0 amide bonds. The summed E-state index contributed by atoms with van der Waals surface area (Å²) >= 11 is 0. The molecule has 21 heavy (non-hydrogen) atoms. The van der Waals surface area contributed by atoms with Gasteiger partial charge in [0.05, 0.1) is 10.6 Å².